The van der Waals surface area contributed by atoms with Crippen LogP contribution in [-0.4, -0.2) is 28.0 Å². The van der Waals surface area contributed by atoms with Crippen LogP contribution in [0.2, 0.25) is 5.15 Å². The molecule has 0 bridgehead atoms. The van der Waals surface area contributed by atoms with Crippen LogP contribution in [0.15, 0.2) is 47.6 Å². The third-order valence-electron chi connectivity index (χ3n) is 3.87. The molecule has 3 rings (SSSR count). The summed E-state index contributed by atoms with van der Waals surface area (Å²) in [7, 11) is 0. The highest BCUT2D eigenvalue weighted by Crippen LogP contribution is 2.39. The van der Waals surface area contributed by atoms with Crippen LogP contribution >= 0.6 is 11.6 Å². The molecule has 0 saturated heterocycles. The average Bonchev–Trinajstić information content (AvgIpc) is 2.87. The number of carbonyl (C=O) groups excluding carboxylic acids is 2. The standard InChI is InChI=1S/C19H18ClN3O3/c1-18(2,3)26-17(25)15-19(21,12-6-4-5-7-13(12)23-15)16(24)11-8-9-22-14(20)10-11/h4-10H,21H2,1-3H3. The predicted octanol–water partition coefficient (Wildman–Crippen LogP) is 3.20. The molecule has 0 amide bonds. The molecule has 2 heterocycles. The lowest BCUT2D eigenvalue weighted by molar-refractivity contribution is -0.146. The van der Waals surface area contributed by atoms with Gasteiger partial charge in [0.1, 0.15) is 10.8 Å². The fraction of sp³-hybridized carbons (Fsp3) is 0.263. The minimum Gasteiger partial charge on any atom is -0.455 e. The number of aromatic nitrogens is 1. The molecule has 1 unspecified atom stereocenters. The molecule has 0 fully saturated rings. The molecule has 1 aromatic carbocycles. The largest absolute Gasteiger partial charge is 0.455 e. The van der Waals surface area contributed by atoms with E-state index in [2.05, 4.69) is 9.98 Å². The number of aliphatic imine (C=N–C) groups is 1. The van der Waals surface area contributed by atoms with E-state index in [4.69, 9.17) is 22.1 Å². The molecule has 7 heteroatoms. The molecular formula is C19H18ClN3O3. The molecule has 6 nitrogen and oxygen atoms in total. The maximum atomic E-state index is 13.3. The van der Waals surface area contributed by atoms with Crippen LogP contribution in [0.3, 0.4) is 0 Å². The van der Waals surface area contributed by atoms with Crippen molar-refractivity contribution in [3.63, 3.8) is 0 Å². The van der Waals surface area contributed by atoms with Crippen molar-refractivity contribution in [3.8, 4) is 0 Å². The first-order valence-corrected chi connectivity index (χ1v) is 8.38. The summed E-state index contributed by atoms with van der Waals surface area (Å²) in [4.78, 5) is 34.2. The lowest BCUT2D eigenvalue weighted by Gasteiger charge is -2.27. The van der Waals surface area contributed by atoms with Gasteiger partial charge in [-0.25, -0.2) is 14.8 Å². The number of nitrogens with zero attached hydrogens (tertiary/aromatic N) is 2. The van der Waals surface area contributed by atoms with Gasteiger partial charge in [-0.15, -0.1) is 0 Å². The molecule has 1 atom stereocenters. The highest BCUT2D eigenvalue weighted by atomic mass is 35.5. The summed E-state index contributed by atoms with van der Waals surface area (Å²) < 4.78 is 5.42. The molecule has 1 aliphatic heterocycles. The number of para-hydroxylation sites is 1. The van der Waals surface area contributed by atoms with Gasteiger partial charge in [-0.3, -0.25) is 4.79 Å². The van der Waals surface area contributed by atoms with E-state index in [-0.39, 0.29) is 16.4 Å². The summed E-state index contributed by atoms with van der Waals surface area (Å²) in [6.45, 7) is 5.20. The number of hydrogen-bond donors (Lipinski definition) is 1. The number of hydrogen-bond acceptors (Lipinski definition) is 6. The maximum absolute atomic E-state index is 13.3. The highest BCUT2D eigenvalue weighted by molar-refractivity contribution is 6.48. The molecule has 1 aromatic heterocycles. The first-order chi connectivity index (χ1) is 12.1. The number of esters is 1. The number of pyridine rings is 1. The Morgan fingerprint density at radius 1 is 1.19 bits per heavy atom. The molecular weight excluding hydrogens is 354 g/mol. The number of nitrogens with two attached hydrogens (primary N) is 1. The van der Waals surface area contributed by atoms with Crippen molar-refractivity contribution in [2.24, 2.45) is 10.7 Å². The first kappa shape index (κ1) is 18.2. The molecule has 134 valence electrons. The molecule has 2 aromatic rings. The van der Waals surface area contributed by atoms with Crippen LogP contribution in [0.4, 0.5) is 5.69 Å². The zero-order valence-corrected chi connectivity index (χ0v) is 15.4. The Morgan fingerprint density at radius 3 is 2.54 bits per heavy atom. The third-order valence-corrected chi connectivity index (χ3v) is 4.08. The van der Waals surface area contributed by atoms with Crippen molar-refractivity contribution in [2.45, 2.75) is 31.9 Å². The smallest absolute Gasteiger partial charge is 0.356 e. The van der Waals surface area contributed by atoms with Gasteiger partial charge in [0.15, 0.2) is 17.0 Å². The topological polar surface area (TPSA) is 94.6 Å². The van der Waals surface area contributed by atoms with Gasteiger partial charge in [-0.05, 0) is 39.0 Å². The van der Waals surface area contributed by atoms with Crippen molar-refractivity contribution in [1.29, 1.82) is 0 Å². The van der Waals surface area contributed by atoms with E-state index < -0.39 is 22.9 Å². The summed E-state index contributed by atoms with van der Waals surface area (Å²) >= 11 is 5.90. The Labute approximate surface area is 156 Å². The van der Waals surface area contributed by atoms with Crippen molar-refractivity contribution >= 4 is 34.8 Å². The molecule has 2 N–H and O–H groups in total. The van der Waals surface area contributed by atoms with Crippen molar-refractivity contribution < 1.29 is 14.3 Å². The lowest BCUT2D eigenvalue weighted by Crippen LogP contribution is -2.53. The number of fused-ring (bicyclic) bond motifs is 1. The van der Waals surface area contributed by atoms with Crippen LogP contribution in [0.5, 0.6) is 0 Å². The summed E-state index contributed by atoms with van der Waals surface area (Å²) in [5, 5.41) is 0.154. The normalized spacial score (nSPS) is 18.9. The zero-order valence-electron chi connectivity index (χ0n) is 14.6. The Morgan fingerprint density at radius 2 is 1.88 bits per heavy atom. The number of halogens is 1. The number of ketones is 1. The number of carbonyl (C=O) groups is 2. The van der Waals surface area contributed by atoms with E-state index in [1.54, 1.807) is 45.0 Å². The van der Waals surface area contributed by atoms with E-state index in [0.29, 0.717) is 11.3 Å². The van der Waals surface area contributed by atoms with E-state index in [0.717, 1.165) is 0 Å². The quantitative estimate of drug-likeness (QED) is 0.508. The predicted molar refractivity (Wildman–Crippen MR) is 98.8 cm³/mol. The fourth-order valence-electron chi connectivity index (χ4n) is 2.78. The van der Waals surface area contributed by atoms with Gasteiger partial charge < -0.3 is 10.5 Å². The number of benzene rings is 1. The second-order valence-electron chi connectivity index (χ2n) is 6.98. The fourth-order valence-corrected chi connectivity index (χ4v) is 2.95. The Bertz CT molecular complexity index is 934. The molecule has 0 spiro atoms. The maximum Gasteiger partial charge on any atom is 0.356 e. The van der Waals surface area contributed by atoms with Gasteiger partial charge in [0.25, 0.3) is 0 Å². The summed E-state index contributed by atoms with van der Waals surface area (Å²) in [6.07, 6.45) is 1.41. The van der Waals surface area contributed by atoms with Crippen LogP contribution < -0.4 is 5.73 Å². The van der Waals surface area contributed by atoms with E-state index in [1.807, 2.05) is 0 Å². The van der Waals surface area contributed by atoms with Gasteiger partial charge >= 0.3 is 5.97 Å². The Hall–Kier alpha value is -2.57. The monoisotopic (exact) mass is 371 g/mol. The van der Waals surface area contributed by atoms with Gasteiger partial charge in [-0.2, -0.15) is 0 Å². The van der Waals surface area contributed by atoms with E-state index in [9.17, 15) is 9.59 Å². The van der Waals surface area contributed by atoms with Crippen LogP contribution in [0.25, 0.3) is 0 Å². The molecule has 0 aliphatic carbocycles. The molecule has 1 aliphatic rings. The van der Waals surface area contributed by atoms with Crippen LogP contribution in [0, 0.1) is 0 Å². The second-order valence-corrected chi connectivity index (χ2v) is 7.37. The van der Waals surface area contributed by atoms with Crippen molar-refractivity contribution in [2.75, 3.05) is 0 Å². The molecule has 0 saturated carbocycles. The lowest BCUT2D eigenvalue weighted by atomic mass is 9.81. The third kappa shape index (κ3) is 3.13. The van der Waals surface area contributed by atoms with Crippen molar-refractivity contribution in [3.05, 3.63) is 58.9 Å². The minimum absolute atomic E-state index is 0.147. The molecule has 26 heavy (non-hydrogen) atoms. The zero-order chi connectivity index (χ0) is 19.1. The van der Waals surface area contributed by atoms with Crippen LogP contribution in [-0.2, 0) is 15.1 Å². The summed E-state index contributed by atoms with van der Waals surface area (Å²) in [5.74, 6) is -1.24. The summed E-state index contributed by atoms with van der Waals surface area (Å²) in [5.41, 5.74) is 5.00. The van der Waals surface area contributed by atoms with E-state index >= 15 is 0 Å². The Balaban J connectivity index is 2.12. The Kier molecular flexibility index (Phi) is 4.42. The average molecular weight is 372 g/mol. The SMILES string of the molecule is CC(C)(C)OC(=O)C1=Nc2ccccc2C1(N)C(=O)c1ccnc(Cl)c1. The van der Waals surface area contributed by atoms with Gasteiger partial charge in [0.05, 0.1) is 5.69 Å². The number of rotatable bonds is 3. The van der Waals surface area contributed by atoms with Crippen molar-refractivity contribution in [1.82, 2.24) is 4.98 Å². The van der Waals surface area contributed by atoms with Gasteiger partial charge in [-0.1, -0.05) is 29.8 Å². The summed E-state index contributed by atoms with van der Waals surface area (Å²) in [6, 6.07) is 9.77. The van der Waals surface area contributed by atoms with E-state index in [1.165, 1.54) is 18.3 Å². The van der Waals surface area contributed by atoms with Crippen LogP contribution in [0.1, 0.15) is 36.7 Å². The first-order valence-electron chi connectivity index (χ1n) is 8.00. The minimum atomic E-state index is -1.76. The van der Waals surface area contributed by atoms with Gasteiger partial charge in [0, 0.05) is 17.3 Å². The molecule has 0 radical (unpaired) electrons. The second kappa shape index (κ2) is 6.30. The highest BCUT2D eigenvalue weighted by Gasteiger charge is 2.51. The van der Waals surface area contributed by atoms with Gasteiger partial charge in [0.2, 0.25) is 0 Å². The number of ether oxygens (including phenoxy) is 1. The number of Topliss-reactive ketones (excluding diaryl/α,β-unsaturated/α-hetero) is 1.